The molecule has 1 unspecified atom stereocenters. The molecule has 0 aliphatic carbocycles. The summed E-state index contributed by atoms with van der Waals surface area (Å²) in [5.41, 5.74) is 1.34. The maximum atomic E-state index is 5.36. The average Bonchev–Trinajstić information content (AvgIpc) is 2.39. The zero-order valence-electron chi connectivity index (χ0n) is 9.98. The van der Waals surface area contributed by atoms with Gasteiger partial charge in [0.2, 0.25) is 0 Å². The lowest BCUT2D eigenvalue weighted by molar-refractivity contribution is 0.0198. The monoisotopic (exact) mass is 221 g/mol. The fraction of sp³-hybridized carbons (Fsp3) is 0.538. The summed E-state index contributed by atoms with van der Waals surface area (Å²) in [5.74, 6) is 0.915. The van der Waals surface area contributed by atoms with Gasteiger partial charge >= 0.3 is 0 Å². The van der Waals surface area contributed by atoms with Gasteiger partial charge in [0.1, 0.15) is 5.75 Å². The van der Waals surface area contributed by atoms with Crippen molar-refractivity contribution in [3.05, 3.63) is 29.8 Å². The van der Waals surface area contributed by atoms with E-state index in [9.17, 15) is 0 Å². The normalized spacial score (nSPS) is 19.4. The van der Waals surface area contributed by atoms with Gasteiger partial charge in [-0.2, -0.15) is 0 Å². The Bertz CT molecular complexity index is 317. The van der Waals surface area contributed by atoms with Crippen LogP contribution in [0.5, 0.6) is 5.75 Å². The summed E-state index contributed by atoms with van der Waals surface area (Å²) in [7, 11) is 1.69. The first kappa shape index (κ1) is 11.4. The van der Waals surface area contributed by atoms with Crippen LogP contribution in [0.25, 0.3) is 0 Å². The maximum Gasteiger partial charge on any atom is 0.118 e. The molecule has 0 amide bonds. The van der Waals surface area contributed by atoms with Gasteiger partial charge in [0.05, 0.1) is 20.3 Å². The van der Waals surface area contributed by atoms with Crippen LogP contribution in [0.15, 0.2) is 24.3 Å². The Morgan fingerprint density at radius 3 is 2.38 bits per heavy atom. The van der Waals surface area contributed by atoms with Crippen LogP contribution in [-0.4, -0.2) is 38.3 Å². The van der Waals surface area contributed by atoms with E-state index in [1.165, 1.54) is 5.56 Å². The third-order valence-corrected chi connectivity index (χ3v) is 3.19. The molecule has 2 rings (SSSR count). The minimum atomic E-state index is 0.454. The van der Waals surface area contributed by atoms with Gasteiger partial charge in [-0.15, -0.1) is 0 Å². The first-order chi connectivity index (χ1) is 7.81. The number of hydrogen-bond acceptors (Lipinski definition) is 3. The Morgan fingerprint density at radius 1 is 1.19 bits per heavy atom. The lowest BCUT2D eigenvalue weighted by atomic mass is 10.1. The third kappa shape index (κ3) is 2.54. The van der Waals surface area contributed by atoms with Crippen LogP contribution in [0.3, 0.4) is 0 Å². The van der Waals surface area contributed by atoms with E-state index in [0.717, 1.165) is 32.1 Å². The van der Waals surface area contributed by atoms with Gasteiger partial charge in [-0.25, -0.2) is 0 Å². The highest BCUT2D eigenvalue weighted by atomic mass is 16.5. The van der Waals surface area contributed by atoms with Crippen LogP contribution in [0.1, 0.15) is 18.5 Å². The summed E-state index contributed by atoms with van der Waals surface area (Å²) >= 11 is 0. The van der Waals surface area contributed by atoms with Gasteiger partial charge < -0.3 is 9.47 Å². The van der Waals surface area contributed by atoms with Crippen molar-refractivity contribution in [3.8, 4) is 5.75 Å². The second-order valence-corrected chi connectivity index (χ2v) is 4.10. The molecule has 0 radical (unpaired) electrons. The largest absolute Gasteiger partial charge is 0.497 e. The molecule has 0 spiro atoms. The van der Waals surface area contributed by atoms with Crippen LogP contribution < -0.4 is 4.74 Å². The third-order valence-electron chi connectivity index (χ3n) is 3.19. The lowest BCUT2D eigenvalue weighted by Crippen LogP contribution is -2.37. The molecule has 1 atom stereocenters. The zero-order valence-corrected chi connectivity index (χ0v) is 9.98. The van der Waals surface area contributed by atoms with Gasteiger partial charge in [0, 0.05) is 19.1 Å². The van der Waals surface area contributed by atoms with E-state index in [-0.39, 0.29) is 0 Å². The van der Waals surface area contributed by atoms with Crippen LogP contribution in [0, 0.1) is 0 Å². The molecule has 1 aromatic carbocycles. The van der Waals surface area contributed by atoms with E-state index in [4.69, 9.17) is 9.47 Å². The highest BCUT2D eigenvalue weighted by Crippen LogP contribution is 2.23. The summed E-state index contributed by atoms with van der Waals surface area (Å²) in [6.45, 7) is 5.98. The lowest BCUT2D eigenvalue weighted by Gasteiger charge is -2.32. The number of ether oxygens (including phenoxy) is 2. The van der Waals surface area contributed by atoms with Gasteiger partial charge in [-0.1, -0.05) is 12.1 Å². The Balaban J connectivity index is 2.04. The molecule has 1 aromatic rings. The maximum absolute atomic E-state index is 5.36. The van der Waals surface area contributed by atoms with E-state index >= 15 is 0 Å². The molecule has 1 fully saturated rings. The standard InChI is InChI=1S/C13H19NO2/c1-11(14-7-9-16-10-8-14)12-3-5-13(15-2)6-4-12/h3-6,11H,7-10H2,1-2H3. The van der Waals surface area contributed by atoms with Gasteiger partial charge in [0.25, 0.3) is 0 Å². The molecule has 3 heteroatoms. The SMILES string of the molecule is COc1ccc(C(C)N2CCOCC2)cc1. The van der Waals surface area contributed by atoms with E-state index < -0.39 is 0 Å². The van der Waals surface area contributed by atoms with Crippen LogP contribution in [-0.2, 0) is 4.74 Å². The average molecular weight is 221 g/mol. The van der Waals surface area contributed by atoms with Crippen molar-refractivity contribution in [1.82, 2.24) is 4.90 Å². The quantitative estimate of drug-likeness (QED) is 0.780. The number of morpholine rings is 1. The van der Waals surface area contributed by atoms with Crippen LogP contribution in [0.4, 0.5) is 0 Å². The Kier molecular flexibility index (Phi) is 3.80. The fourth-order valence-electron chi connectivity index (χ4n) is 2.06. The van der Waals surface area contributed by atoms with Crippen molar-refractivity contribution in [2.75, 3.05) is 33.4 Å². The number of benzene rings is 1. The van der Waals surface area contributed by atoms with Crippen molar-refractivity contribution < 1.29 is 9.47 Å². The van der Waals surface area contributed by atoms with E-state index in [2.05, 4.69) is 24.0 Å². The molecule has 1 saturated heterocycles. The molecule has 1 aliphatic rings. The Labute approximate surface area is 97.0 Å². The van der Waals surface area contributed by atoms with Crippen molar-refractivity contribution in [2.45, 2.75) is 13.0 Å². The molecular formula is C13H19NO2. The summed E-state index contributed by atoms with van der Waals surface area (Å²) in [6, 6.07) is 8.77. The fourth-order valence-corrected chi connectivity index (χ4v) is 2.06. The predicted octanol–water partition coefficient (Wildman–Crippen LogP) is 2.09. The molecule has 88 valence electrons. The molecule has 1 heterocycles. The summed E-state index contributed by atoms with van der Waals surface area (Å²) in [6.07, 6.45) is 0. The first-order valence-electron chi connectivity index (χ1n) is 5.77. The van der Waals surface area contributed by atoms with Crippen molar-refractivity contribution in [3.63, 3.8) is 0 Å². The van der Waals surface area contributed by atoms with Gasteiger partial charge in [0.15, 0.2) is 0 Å². The van der Waals surface area contributed by atoms with Gasteiger partial charge in [-0.05, 0) is 24.6 Å². The minimum absolute atomic E-state index is 0.454. The van der Waals surface area contributed by atoms with Gasteiger partial charge in [-0.3, -0.25) is 4.90 Å². The van der Waals surface area contributed by atoms with E-state index in [0.29, 0.717) is 6.04 Å². The second-order valence-electron chi connectivity index (χ2n) is 4.10. The molecule has 0 bridgehead atoms. The predicted molar refractivity (Wildman–Crippen MR) is 63.8 cm³/mol. The van der Waals surface area contributed by atoms with Crippen molar-refractivity contribution in [1.29, 1.82) is 0 Å². The Morgan fingerprint density at radius 2 is 1.81 bits per heavy atom. The number of hydrogen-bond donors (Lipinski definition) is 0. The number of rotatable bonds is 3. The number of methoxy groups -OCH3 is 1. The summed E-state index contributed by atoms with van der Waals surface area (Å²) in [4.78, 5) is 2.45. The smallest absolute Gasteiger partial charge is 0.118 e. The first-order valence-corrected chi connectivity index (χ1v) is 5.77. The zero-order chi connectivity index (χ0) is 11.4. The molecule has 16 heavy (non-hydrogen) atoms. The van der Waals surface area contributed by atoms with Crippen molar-refractivity contribution in [2.24, 2.45) is 0 Å². The molecule has 0 aromatic heterocycles. The summed E-state index contributed by atoms with van der Waals surface area (Å²) in [5, 5.41) is 0. The number of nitrogens with zero attached hydrogens (tertiary/aromatic N) is 1. The molecule has 0 saturated carbocycles. The highest BCUT2D eigenvalue weighted by Gasteiger charge is 2.18. The van der Waals surface area contributed by atoms with Crippen LogP contribution in [0.2, 0.25) is 0 Å². The van der Waals surface area contributed by atoms with Crippen LogP contribution >= 0.6 is 0 Å². The molecule has 0 N–H and O–H groups in total. The highest BCUT2D eigenvalue weighted by molar-refractivity contribution is 5.28. The molecule has 1 aliphatic heterocycles. The van der Waals surface area contributed by atoms with E-state index in [1.54, 1.807) is 7.11 Å². The molecule has 3 nitrogen and oxygen atoms in total. The van der Waals surface area contributed by atoms with E-state index in [1.807, 2.05) is 12.1 Å². The molecular weight excluding hydrogens is 202 g/mol. The Hall–Kier alpha value is -1.06. The minimum Gasteiger partial charge on any atom is -0.497 e. The topological polar surface area (TPSA) is 21.7 Å². The van der Waals surface area contributed by atoms with Crippen molar-refractivity contribution >= 4 is 0 Å². The summed E-state index contributed by atoms with van der Waals surface area (Å²) < 4.78 is 10.5. The second kappa shape index (κ2) is 5.32.